The van der Waals surface area contributed by atoms with E-state index < -0.39 is 5.97 Å². The molecule has 0 aliphatic heterocycles. The Balaban J connectivity index is 2.19. The van der Waals surface area contributed by atoms with Crippen LogP contribution < -0.4 is 0 Å². The Morgan fingerprint density at radius 3 is 2.55 bits per heavy atom. The first kappa shape index (κ1) is 12.4. The van der Waals surface area contributed by atoms with Crippen LogP contribution in [0.5, 0.6) is 0 Å². The number of carboxylic acids is 1. The van der Waals surface area contributed by atoms with Crippen LogP contribution >= 0.6 is 0 Å². The van der Waals surface area contributed by atoms with Gasteiger partial charge in [0.25, 0.3) is 0 Å². The van der Waals surface area contributed by atoms with Gasteiger partial charge in [-0.05, 0) is 25.1 Å². The molecule has 6 nitrogen and oxygen atoms in total. The Kier molecular flexibility index (Phi) is 2.60. The van der Waals surface area contributed by atoms with Crippen molar-refractivity contribution in [2.24, 2.45) is 14.1 Å². The number of aromatic nitrogens is 4. The van der Waals surface area contributed by atoms with Crippen LogP contribution in [-0.2, 0) is 14.1 Å². The maximum absolute atomic E-state index is 11.0. The van der Waals surface area contributed by atoms with E-state index in [9.17, 15) is 4.79 Å². The first-order valence-electron chi connectivity index (χ1n) is 6.18. The highest BCUT2D eigenvalue weighted by Crippen LogP contribution is 2.26. The van der Waals surface area contributed by atoms with Crippen molar-refractivity contribution in [2.75, 3.05) is 0 Å². The van der Waals surface area contributed by atoms with E-state index in [1.54, 1.807) is 17.8 Å². The van der Waals surface area contributed by atoms with Crippen LogP contribution in [0.2, 0.25) is 0 Å². The molecule has 20 heavy (non-hydrogen) atoms. The topological polar surface area (TPSA) is 72.9 Å². The number of aromatic carboxylic acids is 1. The number of nitrogens with zero attached hydrogens (tertiary/aromatic N) is 4. The summed E-state index contributed by atoms with van der Waals surface area (Å²) in [5, 5.41) is 18.4. The zero-order valence-corrected chi connectivity index (χ0v) is 11.5. The minimum Gasteiger partial charge on any atom is -0.476 e. The number of hydrogen-bond donors (Lipinski definition) is 1. The number of fused-ring (bicyclic) bond motifs is 1. The molecule has 0 radical (unpaired) electrons. The first-order valence-corrected chi connectivity index (χ1v) is 6.18. The van der Waals surface area contributed by atoms with Gasteiger partial charge < -0.3 is 5.11 Å². The van der Waals surface area contributed by atoms with E-state index in [4.69, 9.17) is 5.11 Å². The van der Waals surface area contributed by atoms with Crippen LogP contribution in [0.1, 0.15) is 16.2 Å². The molecule has 0 saturated carbocycles. The van der Waals surface area contributed by atoms with Crippen LogP contribution in [0, 0.1) is 6.92 Å². The van der Waals surface area contributed by atoms with Crippen molar-refractivity contribution >= 4 is 16.9 Å². The second kappa shape index (κ2) is 4.19. The fourth-order valence-corrected chi connectivity index (χ4v) is 2.44. The van der Waals surface area contributed by atoms with Gasteiger partial charge in [0.05, 0.1) is 16.9 Å². The maximum Gasteiger partial charge on any atom is 0.356 e. The Hall–Kier alpha value is -2.63. The zero-order valence-electron chi connectivity index (χ0n) is 11.5. The van der Waals surface area contributed by atoms with Gasteiger partial charge in [-0.15, -0.1) is 0 Å². The number of benzene rings is 1. The molecule has 1 N–H and O–H groups in total. The van der Waals surface area contributed by atoms with E-state index in [2.05, 4.69) is 10.2 Å². The standard InChI is InChI=1S/C14H14N4O2/c1-8-10-6-9(4-5-12(10)17(2)15-8)13-7-11(14(19)20)16-18(13)3/h4-7H,1-3H3,(H,19,20). The highest BCUT2D eigenvalue weighted by molar-refractivity contribution is 5.89. The SMILES string of the molecule is Cc1nn(C)c2ccc(-c3cc(C(=O)O)nn3C)cc12. The molecule has 102 valence electrons. The molecule has 3 aromatic rings. The van der Waals surface area contributed by atoms with E-state index >= 15 is 0 Å². The predicted molar refractivity (Wildman–Crippen MR) is 74.6 cm³/mol. The van der Waals surface area contributed by atoms with Crippen LogP contribution in [0.15, 0.2) is 24.3 Å². The van der Waals surface area contributed by atoms with Crippen LogP contribution in [0.4, 0.5) is 0 Å². The summed E-state index contributed by atoms with van der Waals surface area (Å²) in [5.74, 6) is -1.02. The van der Waals surface area contributed by atoms with E-state index in [1.807, 2.05) is 36.9 Å². The Labute approximate surface area is 115 Å². The summed E-state index contributed by atoms with van der Waals surface area (Å²) in [6, 6.07) is 7.53. The van der Waals surface area contributed by atoms with Crippen LogP contribution in [0.25, 0.3) is 22.2 Å². The summed E-state index contributed by atoms with van der Waals surface area (Å²) in [4.78, 5) is 11.0. The van der Waals surface area contributed by atoms with Crippen molar-refractivity contribution < 1.29 is 9.90 Å². The fourth-order valence-electron chi connectivity index (χ4n) is 2.44. The number of carbonyl (C=O) groups is 1. The van der Waals surface area contributed by atoms with E-state index in [1.165, 1.54) is 0 Å². The van der Waals surface area contributed by atoms with Gasteiger partial charge in [0.1, 0.15) is 0 Å². The zero-order chi connectivity index (χ0) is 14.4. The predicted octanol–water partition coefficient (Wildman–Crippen LogP) is 1.98. The Morgan fingerprint density at radius 1 is 1.15 bits per heavy atom. The molecular weight excluding hydrogens is 256 g/mol. The van der Waals surface area contributed by atoms with Gasteiger partial charge in [0.2, 0.25) is 0 Å². The molecule has 0 bridgehead atoms. The molecule has 2 heterocycles. The third-order valence-electron chi connectivity index (χ3n) is 3.43. The van der Waals surface area contributed by atoms with Crippen LogP contribution in [-0.4, -0.2) is 30.6 Å². The van der Waals surface area contributed by atoms with Crippen molar-refractivity contribution in [3.63, 3.8) is 0 Å². The number of carboxylic acid groups (broad SMARTS) is 1. The Morgan fingerprint density at radius 2 is 1.90 bits per heavy atom. The lowest BCUT2D eigenvalue weighted by atomic mass is 10.1. The molecule has 0 unspecified atom stereocenters. The molecule has 6 heteroatoms. The summed E-state index contributed by atoms with van der Waals surface area (Å²) in [5.41, 5.74) is 3.74. The highest BCUT2D eigenvalue weighted by Gasteiger charge is 2.14. The van der Waals surface area contributed by atoms with Gasteiger partial charge in [-0.3, -0.25) is 9.36 Å². The number of aryl methyl sites for hydroxylation is 3. The van der Waals surface area contributed by atoms with Gasteiger partial charge in [0.15, 0.2) is 5.69 Å². The summed E-state index contributed by atoms with van der Waals surface area (Å²) in [7, 11) is 3.64. The monoisotopic (exact) mass is 270 g/mol. The van der Waals surface area contributed by atoms with Crippen molar-refractivity contribution in [1.29, 1.82) is 0 Å². The molecule has 3 rings (SSSR count). The van der Waals surface area contributed by atoms with E-state index in [0.29, 0.717) is 0 Å². The lowest BCUT2D eigenvalue weighted by molar-refractivity contribution is 0.0689. The number of hydrogen-bond acceptors (Lipinski definition) is 3. The molecule has 0 saturated heterocycles. The first-order chi connectivity index (χ1) is 9.47. The van der Waals surface area contributed by atoms with Crippen molar-refractivity contribution in [3.8, 4) is 11.3 Å². The van der Waals surface area contributed by atoms with Gasteiger partial charge in [-0.2, -0.15) is 10.2 Å². The Bertz CT molecular complexity index is 829. The summed E-state index contributed by atoms with van der Waals surface area (Å²) in [6.45, 7) is 1.96. The van der Waals surface area contributed by atoms with Gasteiger partial charge in [0, 0.05) is 25.0 Å². The number of rotatable bonds is 2. The molecule has 0 fully saturated rings. The van der Waals surface area contributed by atoms with Crippen molar-refractivity contribution in [2.45, 2.75) is 6.92 Å². The van der Waals surface area contributed by atoms with Crippen molar-refractivity contribution in [3.05, 3.63) is 35.7 Å². The average Bonchev–Trinajstić information content (AvgIpc) is 2.91. The molecular formula is C14H14N4O2. The van der Waals surface area contributed by atoms with Gasteiger partial charge in [-0.25, -0.2) is 4.79 Å². The maximum atomic E-state index is 11.0. The lowest BCUT2D eigenvalue weighted by Crippen LogP contribution is -1.99. The third kappa shape index (κ3) is 1.77. The summed E-state index contributed by atoms with van der Waals surface area (Å²) >= 11 is 0. The molecule has 0 amide bonds. The molecule has 2 aromatic heterocycles. The molecule has 0 atom stereocenters. The average molecular weight is 270 g/mol. The third-order valence-corrected chi connectivity index (χ3v) is 3.43. The highest BCUT2D eigenvalue weighted by atomic mass is 16.4. The normalized spacial score (nSPS) is 11.2. The minimum atomic E-state index is -1.02. The molecule has 0 aliphatic rings. The molecule has 1 aromatic carbocycles. The van der Waals surface area contributed by atoms with E-state index in [0.717, 1.165) is 27.9 Å². The lowest BCUT2D eigenvalue weighted by Gasteiger charge is -2.02. The second-order valence-corrected chi connectivity index (χ2v) is 4.78. The molecule has 0 spiro atoms. The summed E-state index contributed by atoms with van der Waals surface area (Å²) in [6.07, 6.45) is 0. The molecule has 0 aliphatic carbocycles. The fraction of sp³-hybridized carbons (Fsp3) is 0.214. The van der Waals surface area contributed by atoms with Gasteiger partial charge >= 0.3 is 5.97 Å². The smallest absolute Gasteiger partial charge is 0.356 e. The minimum absolute atomic E-state index is 0.0468. The second-order valence-electron chi connectivity index (χ2n) is 4.78. The van der Waals surface area contributed by atoms with E-state index in [-0.39, 0.29) is 5.69 Å². The largest absolute Gasteiger partial charge is 0.476 e. The quantitative estimate of drug-likeness (QED) is 0.772. The summed E-state index contributed by atoms with van der Waals surface area (Å²) < 4.78 is 3.41. The van der Waals surface area contributed by atoms with Crippen LogP contribution in [0.3, 0.4) is 0 Å². The van der Waals surface area contributed by atoms with Gasteiger partial charge in [-0.1, -0.05) is 6.07 Å². The van der Waals surface area contributed by atoms with Crippen molar-refractivity contribution in [1.82, 2.24) is 19.6 Å².